The number of nitrogens with zero attached hydrogens (tertiary/aromatic N) is 2. The van der Waals surface area contributed by atoms with Crippen molar-refractivity contribution >= 4 is 5.69 Å². The van der Waals surface area contributed by atoms with Gasteiger partial charge in [-0.05, 0) is 23.3 Å². The molecule has 1 aromatic carbocycles. The van der Waals surface area contributed by atoms with Gasteiger partial charge in [0.2, 0.25) is 0 Å². The van der Waals surface area contributed by atoms with E-state index in [1.165, 1.54) is 30.5 Å². The molecule has 92 valence electrons. The van der Waals surface area contributed by atoms with E-state index in [9.17, 15) is 19.6 Å². The van der Waals surface area contributed by atoms with Gasteiger partial charge in [0.25, 0.3) is 5.69 Å². The molecule has 0 aliphatic rings. The maximum atomic E-state index is 13.6. The number of nitro benzene ring substituents is 1. The molecule has 0 aliphatic carbocycles. The number of rotatable bonds is 3. The number of non-ortho nitro benzene ring substituents is 1. The van der Waals surface area contributed by atoms with Crippen molar-refractivity contribution in [1.82, 2.24) is 4.98 Å². The van der Waals surface area contributed by atoms with Crippen molar-refractivity contribution in [2.45, 2.75) is 6.61 Å². The standard InChI is InChI=1S/C12H9FN2O3/c13-12-6-14-4-3-11(12)10-2-1-9(15(17)18)5-8(10)7-16/h1-6,16H,7H2. The molecule has 0 amide bonds. The van der Waals surface area contributed by atoms with E-state index in [-0.39, 0.29) is 11.3 Å². The van der Waals surface area contributed by atoms with Crippen LogP contribution in [0.15, 0.2) is 36.7 Å². The molecule has 0 bridgehead atoms. The molecule has 0 radical (unpaired) electrons. The van der Waals surface area contributed by atoms with Gasteiger partial charge in [0, 0.05) is 23.9 Å². The van der Waals surface area contributed by atoms with Gasteiger partial charge in [-0.25, -0.2) is 4.39 Å². The van der Waals surface area contributed by atoms with Crippen molar-refractivity contribution in [3.05, 3.63) is 58.2 Å². The van der Waals surface area contributed by atoms with Gasteiger partial charge in [0.1, 0.15) is 5.82 Å². The van der Waals surface area contributed by atoms with Crippen LogP contribution in [0, 0.1) is 15.9 Å². The highest BCUT2D eigenvalue weighted by molar-refractivity contribution is 5.69. The molecule has 5 nitrogen and oxygen atoms in total. The largest absolute Gasteiger partial charge is 0.392 e. The Balaban J connectivity index is 2.58. The van der Waals surface area contributed by atoms with Gasteiger partial charge in [-0.3, -0.25) is 15.1 Å². The summed E-state index contributed by atoms with van der Waals surface area (Å²) in [6.45, 7) is -0.404. The van der Waals surface area contributed by atoms with E-state index < -0.39 is 17.3 Å². The summed E-state index contributed by atoms with van der Waals surface area (Å²) in [6.07, 6.45) is 2.47. The Morgan fingerprint density at radius 2 is 2.11 bits per heavy atom. The maximum Gasteiger partial charge on any atom is 0.269 e. The van der Waals surface area contributed by atoms with Crippen molar-refractivity contribution in [2.24, 2.45) is 0 Å². The fourth-order valence-electron chi connectivity index (χ4n) is 1.68. The number of hydrogen-bond acceptors (Lipinski definition) is 4. The summed E-state index contributed by atoms with van der Waals surface area (Å²) in [5, 5.41) is 19.8. The van der Waals surface area contributed by atoms with E-state index >= 15 is 0 Å². The molecule has 0 fully saturated rings. The molecule has 0 unspecified atom stereocenters. The molecule has 0 spiro atoms. The highest BCUT2D eigenvalue weighted by Crippen LogP contribution is 2.28. The molecular weight excluding hydrogens is 239 g/mol. The summed E-state index contributed by atoms with van der Waals surface area (Å²) >= 11 is 0. The van der Waals surface area contributed by atoms with Crippen molar-refractivity contribution in [2.75, 3.05) is 0 Å². The first kappa shape index (κ1) is 12.1. The fraction of sp³-hybridized carbons (Fsp3) is 0.0833. The Labute approximate surface area is 102 Å². The Bertz CT molecular complexity index is 602. The molecule has 1 heterocycles. The number of aliphatic hydroxyl groups excluding tert-OH is 1. The van der Waals surface area contributed by atoms with Crippen LogP contribution in [0.5, 0.6) is 0 Å². The lowest BCUT2D eigenvalue weighted by atomic mass is 10.00. The number of aliphatic hydroxyl groups is 1. The van der Waals surface area contributed by atoms with E-state index in [2.05, 4.69) is 4.98 Å². The number of aromatic nitrogens is 1. The molecule has 0 saturated heterocycles. The molecular formula is C12H9FN2O3. The van der Waals surface area contributed by atoms with Gasteiger partial charge >= 0.3 is 0 Å². The monoisotopic (exact) mass is 248 g/mol. The van der Waals surface area contributed by atoms with Crippen molar-refractivity contribution in [3.8, 4) is 11.1 Å². The van der Waals surface area contributed by atoms with Gasteiger partial charge in [-0.15, -0.1) is 0 Å². The second-order valence-corrected chi connectivity index (χ2v) is 3.61. The van der Waals surface area contributed by atoms with Crippen LogP contribution in [0.1, 0.15) is 5.56 Å². The summed E-state index contributed by atoms with van der Waals surface area (Å²) in [4.78, 5) is 13.7. The molecule has 2 rings (SSSR count). The Morgan fingerprint density at radius 1 is 1.33 bits per heavy atom. The summed E-state index contributed by atoms with van der Waals surface area (Å²) in [7, 11) is 0. The molecule has 1 N–H and O–H groups in total. The normalized spacial score (nSPS) is 10.3. The Kier molecular flexibility index (Phi) is 3.29. The van der Waals surface area contributed by atoms with Crippen molar-refractivity contribution in [3.63, 3.8) is 0 Å². The van der Waals surface area contributed by atoms with E-state index in [0.717, 1.165) is 6.20 Å². The van der Waals surface area contributed by atoms with E-state index in [1.807, 2.05) is 0 Å². The van der Waals surface area contributed by atoms with Gasteiger partial charge in [0.05, 0.1) is 17.7 Å². The second-order valence-electron chi connectivity index (χ2n) is 3.61. The minimum Gasteiger partial charge on any atom is -0.392 e. The lowest BCUT2D eigenvalue weighted by molar-refractivity contribution is -0.384. The minimum absolute atomic E-state index is 0.141. The first-order chi connectivity index (χ1) is 8.63. The highest BCUT2D eigenvalue weighted by atomic mass is 19.1. The zero-order valence-electron chi connectivity index (χ0n) is 9.21. The van der Waals surface area contributed by atoms with Crippen LogP contribution in [0.2, 0.25) is 0 Å². The minimum atomic E-state index is -0.564. The van der Waals surface area contributed by atoms with E-state index in [4.69, 9.17) is 0 Å². The van der Waals surface area contributed by atoms with Crippen LogP contribution in [0.4, 0.5) is 10.1 Å². The van der Waals surface area contributed by atoms with Crippen LogP contribution in [-0.4, -0.2) is 15.0 Å². The summed E-state index contributed by atoms with van der Waals surface area (Å²) in [6, 6.07) is 5.38. The average molecular weight is 248 g/mol. The first-order valence-corrected chi connectivity index (χ1v) is 5.11. The third-order valence-electron chi connectivity index (χ3n) is 2.53. The highest BCUT2D eigenvalue weighted by Gasteiger charge is 2.13. The van der Waals surface area contributed by atoms with Crippen molar-refractivity contribution in [1.29, 1.82) is 0 Å². The number of halogens is 1. The number of nitro groups is 1. The molecule has 18 heavy (non-hydrogen) atoms. The number of benzene rings is 1. The molecule has 0 saturated carbocycles. The average Bonchev–Trinajstić information content (AvgIpc) is 2.38. The van der Waals surface area contributed by atoms with Crippen molar-refractivity contribution < 1.29 is 14.4 Å². The Morgan fingerprint density at radius 3 is 2.72 bits per heavy atom. The summed E-state index contributed by atoms with van der Waals surface area (Å²) < 4.78 is 13.6. The molecule has 6 heteroatoms. The van der Waals surface area contributed by atoms with Crippen LogP contribution < -0.4 is 0 Å². The van der Waals surface area contributed by atoms with Crippen LogP contribution in [0.25, 0.3) is 11.1 Å². The molecule has 1 aromatic heterocycles. The SMILES string of the molecule is O=[N+]([O-])c1ccc(-c2ccncc2F)c(CO)c1. The third-order valence-corrected chi connectivity index (χ3v) is 2.53. The summed E-state index contributed by atoms with van der Waals surface area (Å²) in [5.41, 5.74) is 0.832. The van der Waals surface area contributed by atoms with Crippen LogP contribution in [0.3, 0.4) is 0 Å². The topological polar surface area (TPSA) is 76.3 Å². The zero-order valence-corrected chi connectivity index (χ0v) is 9.21. The van der Waals surface area contributed by atoms with Gasteiger partial charge < -0.3 is 5.11 Å². The van der Waals surface area contributed by atoms with Gasteiger partial charge in [-0.1, -0.05) is 0 Å². The van der Waals surface area contributed by atoms with Crippen LogP contribution in [-0.2, 0) is 6.61 Å². The van der Waals surface area contributed by atoms with Gasteiger partial charge in [-0.2, -0.15) is 0 Å². The lowest BCUT2D eigenvalue weighted by Crippen LogP contribution is -1.95. The predicted molar refractivity (Wildman–Crippen MR) is 62.2 cm³/mol. The fourth-order valence-corrected chi connectivity index (χ4v) is 1.68. The Hall–Kier alpha value is -2.34. The molecule has 2 aromatic rings. The predicted octanol–water partition coefficient (Wildman–Crippen LogP) is 2.29. The van der Waals surface area contributed by atoms with E-state index in [0.29, 0.717) is 11.1 Å². The van der Waals surface area contributed by atoms with E-state index in [1.54, 1.807) is 0 Å². The van der Waals surface area contributed by atoms with Gasteiger partial charge in [0.15, 0.2) is 0 Å². The third kappa shape index (κ3) is 2.18. The maximum absolute atomic E-state index is 13.6. The quantitative estimate of drug-likeness (QED) is 0.667. The smallest absolute Gasteiger partial charge is 0.269 e. The molecule has 0 atom stereocenters. The zero-order chi connectivity index (χ0) is 13.1. The molecule has 0 aliphatic heterocycles. The first-order valence-electron chi connectivity index (χ1n) is 5.11. The number of hydrogen-bond donors (Lipinski definition) is 1. The second kappa shape index (κ2) is 4.89. The summed E-state index contributed by atoms with van der Waals surface area (Å²) in [5.74, 6) is -0.541. The number of pyridine rings is 1. The lowest BCUT2D eigenvalue weighted by Gasteiger charge is -2.08. The van der Waals surface area contributed by atoms with Crippen LogP contribution >= 0.6 is 0 Å².